The van der Waals surface area contributed by atoms with Crippen LogP contribution in [-0.2, 0) is 16.0 Å². The maximum absolute atomic E-state index is 12.1. The van der Waals surface area contributed by atoms with Crippen molar-refractivity contribution in [1.82, 2.24) is 10.2 Å². The second kappa shape index (κ2) is 5.52. The molecule has 1 aromatic rings. The summed E-state index contributed by atoms with van der Waals surface area (Å²) in [6.45, 7) is 2.88. The van der Waals surface area contributed by atoms with Gasteiger partial charge in [-0.25, -0.2) is 0 Å². The Morgan fingerprint density at radius 3 is 2.78 bits per heavy atom. The highest BCUT2D eigenvalue weighted by molar-refractivity contribution is 9.10. The molecule has 18 heavy (non-hydrogen) atoms. The molecule has 2 amide bonds. The highest BCUT2D eigenvalue weighted by atomic mass is 79.9. The van der Waals surface area contributed by atoms with Gasteiger partial charge in [0.2, 0.25) is 11.8 Å². The summed E-state index contributed by atoms with van der Waals surface area (Å²) in [5, 5.41) is 2.75. The molecule has 0 radical (unpaired) electrons. The number of nitrogens with zero attached hydrogens (tertiary/aromatic N) is 1. The summed E-state index contributed by atoms with van der Waals surface area (Å²) >= 11 is 3.36. The van der Waals surface area contributed by atoms with Crippen LogP contribution >= 0.6 is 15.9 Å². The minimum atomic E-state index is -0.373. The van der Waals surface area contributed by atoms with Crippen molar-refractivity contribution < 1.29 is 9.59 Å². The van der Waals surface area contributed by atoms with Gasteiger partial charge in [0.25, 0.3) is 0 Å². The number of benzene rings is 1. The molecule has 5 heteroatoms. The maximum Gasteiger partial charge on any atom is 0.242 e. The molecule has 1 aromatic carbocycles. The van der Waals surface area contributed by atoms with Crippen molar-refractivity contribution in [3.8, 4) is 0 Å². The van der Waals surface area contributed by atoms with Crippen molar-refractivity contribution in [3.63, 3.8) is 0 Å². The highest BCUT2D eigenvalue weighted by Gasteiger charge is 2.28. The number of amides is 2. The van der Waals surface area contributed by atoms with Crippen LogP contribution in [0.5, 0.6) is 0 Å². The molecule has 1 atom stereocenters. The number of carbonyl (C=O) groups excluding carboxylic acids is 2. The third-order valence-electron chi connectivity index (χ3n) is 3.09. The van der Waals surface area contributed by atoms with Crippen molar-refractivity contribution in [3.05, 3.63) is 34.3 Å². The quantitative estimate of drug-likeness (QED) is 0.896. The Kier molecular flexibility index (Phi) is 4.01. The molecule has 1 aliphatic rings. The Morgan fingerprint density at radius 1 is 1.44 bits per heavy atom. The van der Waals surface area contributed by atoms with Gasteiger partial charge < -0.3 is 10.2 Å². The van der Waals surface area contributed by atoms with Gasteiger partial charge in [0.15, 0.2) is 0 Å². The minimum absolute atomic E-state index is 0.000303. The van der Waals surface area contributed by atoms with E-state index in [1.165, 1.54) is 0 Å². The molecule has 1 saturated heterocycles. The van der Waals surface area contributed by atoms with E-state index in [2.05, 4.69) is 21.2 Å². The lowest BCUT2D eigenvalue weighted by atomic mass is 10.1. The number of hydrogen-bond donors (Lipinski definition) is 1. The van der Waals surface area contributed by atoms with Crippen LogP contribution in [0.2, 0.25) is 0 Å². The fourth-order valence-corrected chi connectivity index (χ4v) is 2.27. The Morgan fingerprint density at radius 2 is 2.11 bits per heavy atom. The van der Waals surface area contributed by atoms with Gasteiger partial charge in [0.05, 0.1) is 6.42 Å². The van der Waals surface area contributed by atoms with Gasteiger partial charge in [-0.15, -0.1) is 0 Å². The maximum atomic E-state index is 12.1. The van der Waals surface area contributed by atoms with Crippen LogP contribution in [0, 0.1) is 0 Å². The zero-order valence-electron chi connectivity index (χ0n) is 10.1. The smallest absolute Gasteiger partial charge is 0.242 e. The molecule has 96 valence electrons. The molecular formula is C13H15BrN2O2. The highest BCUT2D eigenvalue weighted by Crippen LogP contribution is 2.13. The zero-order chi connectivity index (χ0) is 13.1. The first-order valence-corrected chi connectivity index (χ1v) is 6.69. The van der Waals surface area contributed by atoms with Crippen LogP contribution in [0.4, 0.5) is 0 Å². The molecule has 1 unspecified atom stereocenters. The monoisotopic (exact) mass is 310 g/mol. The van der Waals surface area contributed by atoms with Crippen LogP contribution in [0.15, 0.2) is 28.7 Å². The molecule has 0 aromatic heterocycles. The van der Waals surface area contributed by atoms with E-state index in [1.54, 1.807) is 11.8 Å². The summed E-state index contributed by atoms with van der Waals surface area (Å²) in [5.74, 6) is -0.0786. The normalized spacial score (nSPS) is 19.6. The fraction of sp³-hybridized carbons (Fsp3) is 0.385. The van der Waals surface area contributed by atoms with Crippen molar-refractivity contribution in [2.75, 3.05) is 13.1 Å². The predicted molar refractivity (Wildman–Crippen MR) is 72.0 cm³/mol. The molecule has 1 heterocycles. The number of hydrogen-bond acceptors (Lipinski definition) is 2. The van der Waals surface area contributed by atoms with E-state index >= 15 is 0 Å². The average molecular weight is 311 g/mol. The van der Waals surface area contributed by atoms with E-state index in [0.29, 0.717) is 19.5 Å². The lowest BCUT2D eigenvalue weighted by Crippen LogP contribution is -2.56. The number of rotatable bonds is 2. The van der Waals surface area contributed by atoms with Gasteiger partial charge in [0.1, 0.15) is 6.04 Å². The minimum Gasteiger partial charge on any atom is -0.353 e. The Bertz CT molecular complexity index is 459. The molecule has 0 bridgehead atoms. The summed E-state index contributed by atoms with van der Waals surface area (Å²) in [7, 11) is 0. The largest absolute Gasteiger partial charge is 0.353 e. The van der Waals surface area contributed by atoms with Crippen molar-refractivity contribution in [2.45, 2.75) is 19.4 Å². The van der Waals surface area contributed by atoms with Crippen LogP contribution in [0.3, 0.4) is 0 Å². The number of carbonyl (C=O) groups is 2. The third-order valence-corrected chi connectivity index (χ3v) is 3.62. The van der Waals surface area contributed by atoms with Crippen molar-refractivity contribution in [2.24, 2.45) is 0 Å². The van der Waals surface area contributed by atoms with E-state index in [-0.39, 0.29) is 17.9 Å². The van der Waals surface area contributed by atoms with Gasteiger partial charge in [-0.2, -0.15) is 0 Å². The Labute approximate surface area is 114 Å². The Hall–Kier alpha value is -1.36. The molecule has 0 aliphatic carbocycles. The van der Waals surface area contributed by atoms with E-state index in [9.17, 15) is 9.59 Å². The van der Waals surface area contributed by atoms with Gasteiger partial charge in [-0.05, 0) is 24.6 Å². The lowest BCUT2D eigenvalue weighted by molar-refractivity contribution is -0.142. The first-order valence-electron chi connectivity index (χ1n) is 5.89. The summed E-state index contributed by atoms with van der Waals surface area (Å²) in [6.07, 6.45) is 0.338. The van der Waals surface area contributed by atoms with Crippen LogP contribution in [-0.4, -0.2) is 35.8 Å². The molecule has 0 saturated carbocycles. The molecule has 1 fully saturated rings. The molecule has 4 nitrogen and oxygen atoms in total. The summed E-state index contributed by atoms with van der Waals surface area (Å²) in [6, 6.07) is 7.28. The third kappa shape index (κ3) is 2.90. The van der Waals surface area contributed by atoms with Gasteiger partial charge in [0, 0.05) is 17.6 Å². The molecule has 1 N–H and O–H groups in total. The molecular weight excluding hydrogens is 296 g/mol. The van der Waals surface area contributed by atoms with Gasteiger partial charge >= 0.3 is 0 Å². The number of halogens is 1. The van der Waals surface area contributed by atoms with E-state index in [0.717, 1.165) is 10.0 Å². The average Bonchev–Trinajstić information content (AvgIpc) is 2.35. The predicted octanol–water partition coefficient (Wildman–Crippen LogP) is 1.34. The lowest BCUT2D eigenvalue weighted by Gasteiger charge is -2.32. The fourth-order valence-electron chi connectivity index (χ4n) is 2.00. The van der Waals surface area contributed by atoms with Crippen molar-refractivity contribution in [1.29, 1.82) is 0 Å². The second-order valence-corrected chi connectivity index (χ2v) is 5.27. The van der Waals surface area contributed by atoms with Crippen molar-refractivity contribution >= 4 is 27.7 Å². The van der Waals surface area contributed by atoms with Gasteiger partial charge in [-0.3, -0.25) is 9.59 Å². The van der Waals surface area contributed by atoms with E-state index < -0.39 is 0 Å². The number of piperazine rings is 1. The van der Waals surface area contributed by atoms with Crippen LogP contribution in [0.1, 0.15) is 12.5 Å². The standard InChI is InChI=1S/C13H15BrN2O2/c1-9-13(18)15-6-7-16(9)12(17)8-10-2-4-11(14)5-3-10/h2-5,9H,6-8H2,1H3,(H,15,18). The SMILES string of the molecule is CC1C(=O)NCCN1C(=O)Cc1ccc(Br)cc1. The molecule has 0 spiro atoms. The molecule has 1 aliphatic heterocycles. The summed E-state index contributed by atoms with van der Waals surface area (Å²) in [5.41, 5.74) is 0.960. The molecule has 2 rings (SSSR count). The first-order chi connectivity index (χ1) is 8.58. The van der Waals surface area contributed by atoms with Crippen LogP contribution in [0.25, 0.3) is 0 Å². The number of nitrogens with one attached hydrogen (secondary N) is 1. The zero-order valence-corrected chi connectivity index (χ0v) is 11.7. The van der Waals surface area contributed by atoms with Gasteiger partial charge in [-0.1, -0.05) is 28.1 Å². The topological polar surface area (TPSA) is 49.4 Å². The van der Waals surface area contributed by atoms with E-state index in [4.69, 9.17) is 0 Å². The van der Waals surface area contributed by atoms with E-state index in [1.807, 2.05) is 24.3 Å². The van der Waals surface area contributed by atoms with Crippen LogP contribution < -0.4 is 5.32 Å². The first kappa shape index (κ1) is 13.1. The Balaban J connectivity index is 2.03. The summed E-state index contributed by atoms with van der Waals surface area (Å²) in [4.78, 5) is 25.3. The second-order valence-electron chi connectivity index (χ2n) is 4.36. The summed E-state index contributed by atoms with van der Waals surface area (Å²) < 4.78 is 0.990.